The molecule has 3 nitrogen and oxygen atoms in total. The molecule has 1 aromatic rings. The minimum Gasteiger partial charge on any atom is -0.317 e. The molecule has 0 saturated carbocycles. The summed E-state index contributed by atoms with van der Waals surface area (Å²) in [5.41, 5.74) is 0.283. The van der Waals surface area contributed by atoms with Crippen LogP contribution < -0.4 is 5.32 Å². The molecule has 72 valence electrons. The van der Waals surface area contributed by atoms with Crippen molar-refractivity contribution < 1.29 is 9.59 Å². The van der Waals surface area contributed by atoms with Gasteiger partial charge in [-0.15, -0.1) is 0 Å². The molecule has 1 aliphatic rings. The van der Waals surface area contributed by atoms with Crippen LogP contribution in [0.1, 0.15) is 10.4 Å². The number of benzene rings is 1. The van der Waals surface area contributed by atoms with Crippen LogP contribution in [0.5, 0.6) is 0 Å². The molecule has 0 spiro atoms. The minimum atomic E-state index is -0.744. The second-order valence-electron chi connectivity index (χ2n) is 2.69. The highest BCUT2D eigenvalue weighted by molar-refractivity contribution is 6.58. The Hall–Kier alpha value is -0.770. The van der Waals surface area contributed by atoms with Crippen LogP contribution in [-0.4, -0.2) is 11.7 Å². The van der Waals surface area contributed by atoms with E-state index in [0.717, 1.165) is 0 Å². The first-order chi connectivity index (χ1) is 6.52. The van der Waals surface area contributed by atoms with Crippen LogP contribution in [0.15, 0.2) is 6.07 Å². The fraction of sp³-hybridized carbons (Fsp3) is 0. The summed E-state index contributed by atoms with van der Waals surface area (Å²) in [4.78, 5) is 22.3. The van der Waals surface area contributed by atoms with Gasteiger partial charge >= 0.3 is 0 Å². The van der Waals surface area contributed by atoms with Gasteiger partial charge in [-0.05, 0) is 6.07 Å². The van der Waals surface area contributed by atoms with Crippen molar-refractivity contribution in [2.24, 2.45) is 0 Å². The first kappa shape index (κ1) is 9.77. The summed E-state index contributed by atoms with van der Waals surface area (Å²) >= 11 is 17.2. The maximum Gasteiger partial charge on any atom is 0.296 e. The topological polar surface area (TPSA) is 46.2 Å². The van der Waals surface area contributed by atoms with Gasteiger partial charge in [-0.3, -0.25) is 9.59 Å². The van der Waals surface area contributed by atoms with Gasteiger partial charge in [0.15, 0.2) is 0 Å². The van der Waals surface area contributed by atoms with E-state index in [1.54, 1.807) is 0 Å². The molecule has 0 fully saturated rings. The predicted molar refractivity (Wildman–Crippen MR) is 54.4 cm³/mol. The van der Waals surface area contributed by atoms with Gasteiger partial charge in [-0.2, -0.15) is 0 Å². The van der Waals surface area contributed by atoms with Gasteiger partial charge in [-0.1, -0.05) is 34.8 Å². The molecular weight excluding hydrogens is 248 g/mol. The standard InChI is InChI=1S/C8H2Cl3NO2/c9-2-1-3(10)6-4(5(2)11)7(13)8(14)12-6/h1H,(H,12,13,14). The number of halogens is 3. The van der Waals surface area contributed by atoms with Crippen molar-refractivity contribution in [3.05, 3.63) is 26.7 Å². The average Bonchev–Trinajstić information content (AvgIpc) is 2.41. The summed E-state index contributed by atoms with van der Waals surface area (Å²) < 4.78 is 0. The lowest BCUT2D eigenvalue weighted by Crippen LogP contribution is -2.12. The van der Waals surface area contributed by atoms with Gasteiger partial charge in [-0.25, -0.2) is 0 Å². The van der Waals surface area contributed by atoms with E-state index in [4.69, 9.17) is 34.8 Å². The number of rotatable bonds is 0. The van der Waals surface area contributed by atoms with E-state index in [1.807, 2.05) is 0 Å². The molecular formula is C8H2Cl3NO2. The Morgan fingerprint density at radius 2 is 1.71 bits per heavy atom. The normalized spacial score (nSPS) is 14.2. The summed E-state index contributed by atoms with van der Waals surface area (Å²) in [6, 6.07) is 1.38. The van der Waals surface area contributed by atoms with E-state index < -0.39 is 11.7 Å². The Kier molecular flexibility index (Phi) is 2.18. The average molecular weight is 250 g/mol. The fourth-order valence-electron chi connectivity index (χ4n) is 1.21. The van der Waals surface area contributed by atoms with Crippen LogP contribution in [0.3, 0.4) is 0 Å². The van der Waals surface area contributed by atoms with Crippen molar-refractivity contribution in [1.29, 1.82) is 0 Å². The van der Waals surface area contributed by atoms with Gasteiger partial charge in [0.2, 0.25) is 0 Å². The number of nitrogens with one attached hydrogen (secondary N) is 1. The number of carbonyl (C=O) groups excluding carboxylic acids is 2. The smallest absolute Gasteiger partial charge is 0.296 e. The van der Waals surface area contributed by atoms with Gasteiger partial charge < -0.3 is 5.32 Å². The lowest BCUT2D eigenvalue weighted by molar-refractivity contribution is -0.112. The molecule has 1 heterocycles. The number of hydrogen-bond donors (Lipinski definition) is 1. The summed E-state index contributed by atoms with van der Waals surface area (Å²) in [5, 5.41) is 2.73. The summed E-state index contributed by atoms with van der Waals surface area (Å²) in [6.45, 7) is 0. The van der Waals surface area contributed by atoms with E-state index in [0.29, 0.717) is 0 Å². The monoisotopic (exact) mass is 249 g/mol. The van der Waals surface area contributed by atoms with Crippen molar-refractivity contribution in [2.45, 2.75) is 0 Å². The number of amides is 1. The first-order valence-electron chi connectivity index (χ1n) is 3.55. The van der Waals surface area contributed by atoms with Crippen molar-refractivity contribution in [3.63, 3.8) is 0 Å². The molecule has 0 unspecified atom stereocenters. The van der Waals surface area contributed by atoms with Crippen molar-refractivity contribution in [2.75, 3.05) is 5.32 Å². The van der Waals surface area contributed by atoms with E-state index >= 15 is 0 Å². The molecule has 1 amide bonds. The number of fused-ring (bicyclic) bond motifs is 1. The van der Waals surface area contributed by atoms with Gasteiger partial charge in [0.05, 0.1) is 26.3 Å². The zero-order valence-corrected chi connectivity index (χ0v) is 8.80. The fourth-order valence-corrected chi connectivity index (χ4v) is 1.96. The highest BCUT2D eigenvalue weighted by Gasteiger charge is 2.33. The number of ketones is 1. The molecule has 6 heteroatoms. The number of anilines is 1. The lowest BCUT2D eigenvalue weighted by atomic mass is 10.1. The van der Waals surface area contributed by atoms with E-state index in [2.05, 4.69) is 5.32 Å². The van der Waals surface area contributed by atoms with E-state index in [1.165, 1.54) is 6.07 Å². The number of Topliss-reactive ketones (excluding diaryl/α,β-unsaturated/α-hetero) is 1. The third-order valence-corrected chi connectivity index (χ3v) is 2.93. The van der Waals surface area contributed by atoms with Crippen LogP contribution in [0, 0.1) is 0 Å². The van der Waals surface area contributed by atoms with Gasteiger partial charge in [0.25, 0.3) is 11.7 Å². The zero-order chi connectivity index (χ0) is 10.5. The van der Waals surface area contributed by atoms with E-state index in [-0.39, 0.29) is 26.3 Å². The molecule has 0 atom stereocenters. The second-order valence-corrected chi connectivity index (χ2v) is 3.88. The third kappa shape index (κ3) is 1.21. The Balaban J connectivity index is 2.80. The first-order valence-corrected chi connectivity index (χ1v) is 4.69. The maximum absolute atomic E-state index is 11.3. The SMILES string of the molecule is O=C1Nc2c(Cl)cc(Cl)c(Cl)c2C1=O. The largest absolute Gasteiger partial charge is 0.317 e. The molecule has 14 heavy (non-hydrogen) atoms. The zero-order valence-electron chi connectivity index (χ0n) is 6.53. The van der Waals surface area contributed by atoms with Crippen LogP contribution in [-0.2, 0) is 4.79 Å². The van der Waals surface area contributed by atoms with Crippen LogP contribution >= 0.6 is 34.8 Å². The highest BCUT2D eigenvalue weighted by atomic mass is 35.5. The van der Waals surface area contributed by atoms with Gasteiger partial charge in [0.1, 0.15) is 0 Å². The molecule has 1 N–H and O–H groups in total. The quantitative estimate of drug-likeness (QED) is 0.568. The molecule has 0 saturated heterocycles. The molecule has 0 aliphatic carbocycles. The van der Waals surface area contributed by atoms with Crippen LogP contribution in [0.4, 0.5) is 5.69 Å². The predicted octanol–water partition coefficient (Wildman–Crippen LogP) is 2.78. The molecule has 1 aliphatic heterocycles. The van der Waals surface area contributed by atoms with Gasteiger partial charge in [0, 0.05) is 0 Å². The van der Waals surface area contributed by atoms with Crippen molar-refractivity contribution in [3.8, 4) is 0 Å². The lowest BCUT2D eigenvalue weighted by Gasteiger charge is -2.03. The second kappa shape index (κ2) is 3.12. The maximum atomic E-state index is 11.3. The molecule has 0 radical (unpaired) electrons. The summed E-state index contributed by atoms with van der Waals surface area (Å²) in [7, 11) is 0. The Bertz CT molecular complexity index is 470. The van der Waals surface area contributed by atoms with Crippen molar-refractivity contribution >= 4 is 52.2 Å². The van der Waals surface area contributed by atoms with Crippen LogP contribution in [0.25, 0.3) is 0 Å². The third-order valence-electron chi connectivity index (χ3n) is 1.84. The Morgan fingerprint density at radius 3 is 2.36 bits per heavy atom. The molecule has 0 aromatic heterocycles. The van der Waals surface area contributed by atoms with E-state index in [9.17, 15) is 9.59 Å². The number of carbonyl (C=O) groups is 2. The molecule has 2 rings (SSSR count). The minimum absolute atomic E-state index is 0.0502. The Morgan fingerprint density at radius 1 is 1.07 bits per heavy atom. The highest BCUT2D eigenvalue weighted by Crippen LogP contribution is 2.40. The summed E-state index contributed by atoms with van der Waals surface area (Å²) in [5.74, 6) is -1.46. The molecule has 0 bridgehead atoms. The summed E-state index contributed by atoms with van der Waals surface area (Å²) in [6.07, 6.45) is 0. The van der Waals surface area contributed by atoms with Crippen LogP contribution in [0.2, 0.25) is 15.1 Å². The Labute approximate surface area is 93.9 Å². The molecule has 1 aromatic carbocycles. The van der Waals surface area contributed by atoms with Crippen molar-refractivity contribution in [1.82, 2.24) is 0 Å². The number of hydrogen-bond acceptors (Lipinski definition) is 2.